The van der Waals surface area contributed by atoms with Crippen LogP contribution in [0.2, 0.25) is 0 Å². The van der Waals surface area contributed by atoms with Gasteiger partial charge in [0.2, 0.25) is 17.7 Å². The zero-order valence-electron chi connectivity index (χ0n) is 21.2. The molecule has 194 valence electrons. The molecule has 2 bridgehead atoms. The van der Waals surface area contributed by atoms with E-state index in [9.17, 15) is 14.4 Å². The van der Waals surface area contributed by atoms with Gasteiger partial charge in [-0.05, 0) is 85.2 Å². The van der Waals surface area contributed by atoms with E-state index in [4.69, 9.17) is 9.47 Å². The molecule has 0 spiro atoms. The first kappa shape index (κ1) is 24.2. The third-order valence-electron chi connectivity index (χ3n) is 8.26. The minimum Gasteiger partial charge on any atom is -0.497 e. The number of anilines is 1. The molecule has 5 atom stereocenters. The number of hydrogen-bond acceptors (Lipinski definition) is 5. The van der Waals surface area contributed by atoms with Crippen molar-refractivity contribution in [2.75, 3.05) is 12.4 Å². The Hall–Kier alpha value is -4.13. The van der Waals surface area contributed by atoms with Gasteiger partial charge in [0.1, 0.15) is 23.3 Å². The lowest BCUT2D eigenvalue weighted by atomic mass is 9.81. The van der Waals surface area contributed by atoms with Crippen LogP contribution in [0.5, 0.6) is 17.2 Å². The van der Waals surface area contributed by atoms with Crippen LogP contribution in [0.4, 0.5) is 5.69 Å². The maximum atomic E-state index is 13.6. The van der Waals surface area contributed by atoms with Crippen molar-refractivity contribution in [3.63, 3.8) is 0 Å². The lowest BCUT2D eigenvalue weighted by molar-refractivity contribution is -0.147. The number of amides is 3. The maximum absolute atomic E-state index is 13.6. The van der Waals surface area contributed by atoms with Gasteiger partial charge in [0.05, 0.1) is 18.9 Å². The lowest BCUT2D eigenvalue weighted by Crippen LogP contribution is -2.49. The summed E-state index contributed by atoms with van der Waals surface area (Å²) < 4.78 is 11.0. The third kappa shape index (κ3) is 4.42. The number of methoxy groups -OCH3 is 1. The molecule has 3 aromatic carbocycles. The summed E-state index contributed by atoms with van der Waals surface area (Å²) in [7, 11) is 1.61. The van der Waals surface area contributed by atoms with Gasteiger partial charge >= 0.3 is 0 Å². The van der Waals surface area contributed by atoms with Crippen LogP contribution in [0.3, 0.4) is 0 Å². The highest BCUT2D eigenvalue weighted by molar-refractivity contribution is 6.10. The van der Waals surface area contributed by atoms with Crippen molar-refractivity contribution >= 4 is 23.4 Å². The summed E-state index contributed by atoms with van der Waals surface area (Å²) >= 11 is 0. The minimum absolute atomic E-state index is 0.175. The monoisotopic (exact) mass is 510 g/mol. The molecule has 1 N–H and O–H groups in total. The zero-order chi connectivity index (χ0) is 26.2. The largest absolute Gasteiger partial charge is 0.497 e. The van der Waals surface area contributed by atoms with Crippen molar-refractivity contribution in [2.45, 2.75) is 31.7 Å². The number of carbonyl (C=O) groups is 3. The van der Waals surface area contributed by atoms with E-state index < -0.39 is 6.04 Å². The van der Waals surface area contributed by atoms with Crippen molar-refractivity contribution in [1.82, 2.24) is 4.90 Å². The first-order valence-corrected chi connectivity index (χ1v) is 13.2. The average Bonchev–Trinajstić information content (AvgIpc) is 3.63. The molecule has 2 saturated carbocycles. The molecule has 0 aromatic heterocycles. The van der Waals surface area contributed by atoms with Crippen LogP contribution < -0.4 is 14.8 Å². The molecule has 7 nitrogen and oxygen atoms in total. The fourth-order valence-electron chi connectivity index (χ4n) is 6.49. The Morgan fingerprint density at radius 1 is 0.842 bits per heavy atom. The zero-order valence-corrected chi connectivity index (χ0v) is 21.2. The molecule has 7 heteroatoms. The molecule has 3 amide bonds. The fourth-order valence-corrected chi connectivity index (χ4v) is 6.49. The van der Waals surface area contributed by atoms with Crippen molar-refractivity contribution in [1.29, 1.82) is 0 Å². The number of likely N-dealkylation sites (tertiary alicyclic amines) is 1. The van der Waals surface area contributed by atoms with Gasteiger partial charge in [0.15, 0.2) is 0 Å². The first-order valence-electron chi connectivity index (χ1n) is 13.2. The second kappa shape index (κ2) is 9.97. The molecule has 0 unspecified atom stereocenters. The van der Waals surface area contributed by atoms with E-state index in [0.717, 1.165) is 30.6 Å². The number of nitrogens with zero attached hydrogens (tertiary/aromatic N) is 1. The van der Waals surface area contributed by atoms with Crippen LogP contribution in [0.15, 0.2) is 78.9 Å². The van der Waals surface area contributed by atoms with Crippen molar-refractivity contribution in [2.24, 2.45) is 23.7 Å². The number of imide groups is 1. The van der Waals surface area contributed by atoms with Crippen molar-refractivity contribution < 1.29 is 23.9 Å². The third-order valence-corrected chi connectivity index (χ3v) is 8.26. The average molecular weight is 511 g/mol. The summed E-state index contributed by atoms with van der Waals surface area (Å²) in [6.07, 6.45) is 3.23. The Morgan fingerprint density at radius 2 is 1.39 bits per heavy atom. The van der Waals surface area contributed by atoms with E-state index in [1.54, 1.807) is 31.4 Å². The minimum atomic E-state index is -0.905. The molecule has 1 aliphatic heterocycles. The normalized spacial score (nSPS) is 24.3. The Kier molecular flexibility index (Phi) is 6.35. The summed E-state index contributed by atoms with van der Waals surface area (Å²) in [4.78, 5) is 42.0. The summed E-state index contributed by atoms with van der Waals surface area (Å²) in [5.41, 5.74) is 1.46. The van der Waals surface area contributed by atoms with Gasteiger partial charge in [-0.3, -0.25) is 19.3 Å². The Morgan fingerprint density at radius 3 is 1.97 bits per heavy atom. The van der Waals surface area contributed by atoms with E-state index >= 15 is 0 Å². The van der Waals surface area contributed by atoms with Crippen molar-refractivity contribution in [3.8, 4) is 17.2 Å². The standard InChI is InChI=1S/C31H30N2O5/c1-37-23-13-15-25(16-14-23)38-24-11-9-22(10-12-24)32-29(34)26(17-19-5-3-2-4-6-19)33-30(35)27-20-7-8-21(18-20)28(27)31(33)36/h2-6,9-16,20-21,26-28H,7-8,17-18H2,1H3,(H,32,34)/t20-,21-,26+,27-,28+/m0/s1. The topological polar surface area (TPSA) is 84.9 Å². The van der Waals surface area contributed by atoms with Gasteiger partial charge in [-0.25, -0.2) is 0 Å². The first-order chi connectivity index (χ1) is 18.5. The number of fused-ring (bicyclic) bond motifs is 5. The fraction of sp³-hybridized carbons (Fsp3) is 0.323. The van der Waals surface area contributed by atoms with Gasteiger partial charge < -0.3 is 14.8 Å². The molecular weight excluding hydrogens is 480 g/mol. The molecule has 3 aromatic rings. The number of rotatable bonds is 8. The summed E-state index contributed by atoms with van der Waals surface area (Å²) in [6.45, 7) is 0. The predicted molar refractivity (Wildman–Crippen MR) is 142 cm³/mol. The SMILES string of the molecule is COc1ccc(Oc2ccc(NC(=O)[C@@H](Cc3ccccc3)N3C(=O)[C@@H]4[C@H]5CC[C@@H](C5)[C@@H]4C3=O)cc2)cc1. The van der Waals surface area contributed by atoms with Crippen LogP contribution in [-0.4, -0.2) is 35.8 Å². The van der Waals surface area contributed by atoms with Crippen LogP contribution in [0, 0.1) is 23.7 Å². The molecule has 3 fully saturated rings. The van der Waals surface area contributed by atoms with Crippen molar-refractivity contribution in [3.05, 3.63) is 84.4 Å². The highest BCUT2D eigenvalue weighted by Gasteiger charge is 2.62. The van der Waals surface area contributed by atoms with E-state index in [2.05, 4.69) is 5.32 Å². The number of nitrogens with one attached hydrogen (secondary N) is 1. The summed E-state index contributed by atoms with van der Waals surface area (Å²) in [6, 6.07) is 22.9. The summed E-state index contributed by atoms with van der Waals surface area (Å²) in [5.74, 6) is 1.31. The highest BCUT2D eigenvalue weighted by Crippen LogP contribution is 2.56. The number of carbonyl (C=O) groups excluding carboxylic acids is 3. The lowest BCUT2D eigenvalue weighted by Gasteiger charge is -2.27. The van der Waals surface area contributed by atoms with E-state index in [-0.39, 0.29) is 47.8 Å². The molecule has 1 heterocycles. The number of hydrogen-bond donors (Lipinski definition) is 1. The van der Waals surface area contributed by atoms with Gasteiger partial charge in [-0.1, -0.05) is 30.3 Å². The van der Waals surface area contributed by atoms with Gasteiger partial charge in [0.25, 0.3) is 0 Å². The second-order valence-corrected chi connectivity index (χ2v) is 10.4. The van der Waals surface area contributed by atoms with Crippen LogP contribution in [0.1, 0.15) is 24.8 Å². The molecule has 6 rings (SSSR count). The second-order valence-electron chi connectivity index (χ2n) is 10.4. The number of ether oxygens (including phenoxy) is 2. The number of benzene rings is 3. The maximum Gasteiger partial charge on any atom is 0.248 e. The van der Waals surface area contributed by atoms with E-state index in [1.807, 2.05) is 54.6 Å². The molecule has 2 aliphatic carbocycles. The van der Waals surface area contributed by atoms with E-state index in [0.29, 0.717) is 17.2 Å². The Labute approximate surface area is 221 Å². The van der Waals surface area contributed by atoms with Crippen LogP contribution in [-0.2, 0) is 20.8 Å². The smallest absolute Gasteiger partial charge is 0.248 e. The highest BCUT2D eigenvalue weighted by atomic mass is 16.5. The Bertz CT molecular complexity index is 1310. The molecule has 1 saturated heterocycles. The predicted octanol–water partition coefficient (Wildman–Crippen LogP) is 5.07. The van der Waals surface area contributed by atoms with Crippen LogP contribution >= 0.6 is 0 Å². The Balaban J connectivity index is 1.20. The van der Waals surface area contributed by atoms with Crippen LogP contribution in [0.25, 0.3) is 0 Å². The van der Waals surface area contributed by atoms with Gasteiger partial charge in [-0.2, -0.15) is 0 Å². The molecular formula is C31H30N2O5. The quantitative estimate of drug-likeness (QED) is 0.428. The molecule has 0 radical (unpaired) electrons. The summed E-state index contributed by atoms with van der Waals surface area (Å²) in [5, 5.41) is 2.93. The van der Waals surface area contributed by atoms with E-state index in [1.165, 1.54) is 4.90 Å². The van der Waals surface area contributed by atoms with Gasteiger partial charge in [0, 0.05) is 12.1 Å². The molecule has 38 heavy (non-hydrogen) atoms. The van der Waals surface area contributed by atoms with Gasteiger partial charge in [-0.15, -0.1) is 0 Å². The molecule has 3 aliphatic rings.